The fourth-order valence-corrected chi connectivity index (χ4v) is 1.82. The topological polar surface area (TPSA) is 67.8 Å². The van der Waals surface area contributed by atoms with Crippen LogP contribution in [-0.2, 0) is 11.3 Å². The molecule has 2 N–H and O–H groups in total. The Kier molecular flexibility index (Phi) is 13.8. The highest BCUT2D eigenvalue weighted by Gasteiger charge is 2.00. The minimum Gasteiger partial charge on any atom is -0.475 e. The summed E-state index contributed by atoms with van der Waals surface area (Å²) < 4.78 is 10.4. The largest absolute Gasteiger partial charge is 0.475 e. The van der Waals surface area contributed by atoms with Crippen LogP contribution in [0.4, 0.5) is 0 Å². The van der Waals surface area contributed by atoms with E-state index in [4.69, 9.17) is 9.47 Å². The minimum absolute atomic E-state index is 0. The van der Waals surface area contributed by atoms with Gasteiger partial charge < -0.3 is 20.1 Å². The zero-order valence-electron chi connectivity index (χ0n) is 14.3. The van der Waals surface area contributed by atoms with Gasteiger partial charge >= 0.3 is 0 Å². The van der Waals surface area contributed by atoms with Gasteiger partial charge in [0.2, 0.25) is 5.88 Å². The van der Waals surface area contributed by atoms with Crippen LogP contribution in [0.5, 0.6) is 5.88 Å². The maximum atomic E-state index is 5.43. The Morgan fingerprint density at radius 1 is 1.22 bits per heavy atom. The Hall–Kier alpha value is -1.09. The fraction of sp³-hybridized carbons (Fsp3) is 0.625. The summed E-state index contributed by atoms with van der Waals surface area (Å²) in [6.45, 7) is 4.89. The van der Waals surface area contributed by atoms with Crippen molar-refractivity contribution in [2.24, 2.45) is 4.99 Å². The van der Waals surface area contributed by atoms with E-state index in [1.807, 2.05) is 12.1 Å². The molecule has 0 aliphatic carbocycles. The van der Waals surface area contributed by atoms with E-state index in [2.05, 4.69) is 27.5 Å². The van der Waals surface area contributed by atoms with Crippen LogP contribution >= 0.6 is 24.0 Å². The predicted octanol–water partition coefficient (Wildman–Crippen LogP) is 2.58. The first-order valence-electron chi connectivity index (χ1n) is 7.81. The molecule has 7 heteroatoms. The molecule has 0 fully saturated rings. The maximum absolute atomic E-state index is 5.43. The van der Waals surface area contributed by atoms with Crippen LogP contribution < -0.4 is 15.4 Å². The second-order valence-electron chi connectivity index (χ2n) is 4.91. The number of hydrogen-bond acceptors (Lipinski definition) is 4. The highest BCUT2D eigenvalue weighted by atomic mass is 127. The number of halogens is 1. The number of nitrogens with zero attached hydrogens (tertiary/aromatic N) is 2. The fourth-order valence-electron chi connectivity index (χ4n) is 1.82. The van der Waals surface area contributed by atoms with Crippen molar-refractivity contribution in [2.45, 2.75) is 32.7 Å². The van der Waals surface area contributed by atoms with Crippen molar-refractivity contribution in [1.82, 2.24) is 15.6 Å². The summed E-state index contributed by atoms with van der Waals surface area (Å²) in [6, 6.07) is 3.86. The van der Waals surface area contributed by atoms with Crippen LogP contribution in [0, 0.1) is 0 Å². The smallest absolute Gasteiger partial charge is 0.213 e. The lowest BCUT2D eigenvalue weighted by atomic mass is 10.2. The summed E-state index contributed by atoms with van der Waals surface area (Å²) in [5, 5.41) is 6.57. The number of aromatic nitrogens is 1. The van der Waals surface area contributed by atoms with Crippen molar-refractivity contribution in [1.29, 1.82) is 0 Å². The van der Waals surface area contributed by atoms with E-state index >= 15 is 0 Å². The van der Waals surface area contributed by atoms with Crippen LogP contribution in [0.2, 0.25) is 0 Å². The lowest BCUT2D eigenvalue weighted by Gasteiger charge is -2.12. The summed E-state index contributed by atoms with van der Waals surface area (Å²) >= 11 is 0. The standard InChI is InChI=1S/C16H28N4O2.HI/c1-4-5-6-9-18-16(17-2)20-13-14-7-8-15(19-12-14)22-11-10-21-3;/h7-8,12H,4-6,9-11,13H2,1-3H3,(H2,17,18,20);1H. The normalized spacial score (nSPS) is 10.8. The second-order valence-corrected chi connectivity index (χ2v) is 4.91. The molecule has 1 rings (SSSR count). The first-order valence-corrected chi connectivity index (χ1v) is 7.81. The zero-order chi connectivity index (χ0) is 16.0. The summed E-state index contributed by atoms with van der Waals surface area (Å²) in [7, 11) is 3.43. The van der Waals surface area contributed by atoms with Crippen LogP contribution in [0.3, 0.4) is 0 Å². The molecule has 0 atom stereocenters. The molecule has 132 valence electrons. The lowest BCUT2D eigenvalue weighted by Crippen LogP contribution is -2.37. The van der Waals surface area contributed by atoms with Crippen molar-refractivity contribution in [3.63, 3.8) is 0 Å². The number of unbranched alkanes of at least 4 members (excludes halogenated alkanes) is 2. The summed E-state index contributed by atoms with van der Waals surface area (Å²) in [4.78, 5) is 8.47. The van der Waals surface area contributed by atoms with Crippen LogP contribution in [-0.4, -0.2) is 44.9 Å². The average molecular weight is 436 g/mol. The molecule has 0 saturated heterocycles. The van der Waals surface area contributed by atoms with Gasteiger partial charge in [0.15, 0.2) is 5.96 Å². The maximum Gasteiger partial charge on any atom is 0.213 e. The van der Waals surface area contributed by atoms with E-state index in [1.165, 1.54) is 12.8 Å². The Labute approximate surface area is 156 Å². The Balaban J connectivity index is 0.00000484. The van der Waals surface area contributed by atoms with Gasteiger partial charge in [0.05, 0.1) is 6.61 Å². The SMILES string of the molecule is CCCCCNC(=NC)NCc1ccc(OCCOC)nc1.I. The van der Waals surface area contributed by atoms with Gasteiger partial charge in [-0.05, 0) is 12.0 Å². The molecule has 23 heavy (non-hydrogen) atoms. The third-order valence-electron chi connectivity index (χ3n) is 3.09. The van der Waals surface area contributed by atoms with Gasteiger partial charge in [-0.1, -0.05) is 25.8 Å². The molecule has 0 aliphatic heterocycles. The molecule has 0 radical (unpaired) electrons. The van der Waals surface area contributed by atoms with Crippen molar-refractivity contribution < 1.29 is 9.47 Å². The van der Waals surface area contributed by atoms with E-state index in [0.29, 0.717) is 25.6 Å². The number of guanidine groups is 1. The molecule has 0 spiro atoms. The number of rotatable bonds is 10. The Morgan fingerprint density at radius 2 is 2.04 bits per heavy atom. The molecular formula is C16H29IN4O2. The van der Waals surface area contributed by atoms with Crippen LogP contribution in [0.25, 0.3) is 0 Å². The van der Waals surface area contributed by atoms with Gasteiger partial charge in [-0.2, -0.15) is 0 Å². The summed E-state index contributed by atoms with van der Waals surface area (Å²) in [5.41, 5.74) is 1.08. The molecular weight excluding hydrogens is 407 g/mol. The molecule has 0 saturated carbocycles. The van der Waals surface area contributed by atoms with Crippen LogP contribution in [0.15, 0.2) is 23.3 Å². The molecule has 1 aromatic heterocycles. The van der Waals surface area contributed by atoms with Gasteiger partial charge in [0, 0.05) is 39.5 Å². The van der Waals surface area contributed by atoms with E-state index in [0.717, 1.165) is 24.5 Å². The third kappa shape index (κ3) is 10.3. The summed E-state index contributed by atoms with van der Waals surface area (Å²) in [6.07, 6.45) is 5.42. The van der Waals surface area contributed by atoms with Gasteiger partial charge in [0.25, 0.3) is 0 Å². The summed E-state index contributed by atoms with van der Waals surface area (Å²) in [5.74, 6) is 1.43. The molecule has 1 aromatic rings. The second kappa shape index (κ2) is 14.5. The zero-order valence-corrected chi connectivity index (χ0v) is 16.6. The minimum atomic E-state index is 0. The highest BCUT2D eigenvalue weighted by Crippen LogP contribution is 2.07. The van der Waals surface area contributed by atoms with E-state index < -0.39 is 0 Å². The average Bonchev–Trinajstić information content (AvgIpc) is 2.56. The number of methoxy groups -OCH3 is 1. The van der Waals surface area contributed by atoms with E-state index in [1.54, 1.807) is 20.4 Å². The molecule has 0 amide bonds. The van der Waals surface area contributed by atoms with E-state index in [-0.39, 0.29) is 24.0 Å². The van der Waals surface area contributed by atoms with Crippen molar-refractivity contribution in [2.75, 3.05) is 33.9 Å². The van der Waals surface area contributed by atoms with Crippen LogP contribution in [0.1, 0.15) is 31.7 Å². The predicted molar refractivity (Wildman–Crippen MR) is 105 cm³/mol. The third-order valence-corrected chi connectivity index (χ3v) is 3.09. The number of hydrogen-bond donors (Lipinski definition) is 2. The number of pyridine rings is 1. The highest BCUT2D eigenvalue weighted by molar-refractivity contribution is 14.0. The van der Waals surface area contributed by atoms with Gasteiger partial charge in [-0.15, -0.1) is 24.0 Å². The lowest BCUT2D eigenvalue weighted by molar-refractivity contribution is 0.143. The van der Waals surface area contributed by atoms with Gasteiger partial charge in [0.1, 0.15) is 6.61 Å². The Morgan fingerprint density at radius 3 is 2.65 bits per heavy atom. The molecule has 0 unspecified atom stereocenters. The molecule has 0 aliphatic rings. The van der Waals surface area contributed by atoms with Gasteiger partial charge in [-0.3, -0.25) is 4.99 Å². The molecule has 0 bridgehead atoms. The molecule has 1 heterocycles. The molecule has 6 nitrogen and oxygen atoms in total. The number of nitrogens with one attached hydrogen (secondary N) is 2. The Bertz CT molecular complexity index is 427. The van der Waals surface area contributed by atoms with Gasteiger partial charge in [-0.25, -0.2) is 4.98 Å². The van der Waals surface area contributed by atoms with Crippen molar-refractivity contribution in [3.05, 3.63) is 23.9 Å². The number of aliphatic imine (C=N–C) groups is 1. The molecule has 0 aromatic carbocycles. The quantitative estimate of drug-likeness (QED) is 0.256. The van der Waals surface area contributed by atoms with Crippen molar-refractivity contribution in [3.8, 4) is 5.88 Å². The van der Waals surface area contributed by atoms with Crippen molar-refractivity contribution >= 4 is 29.9 Å². The monoisotopic (exact) mass is 436 g/mol. The first kappa shape index (κ1) is 21.9. The number of ether oxygens (including phenoxy) is 2. The first-order chi connectivity index (χ1) is 10.8. The van der Waals surface area contributed by atoms with E-state index in [9.17, 15) is 0 Å².